The molecule has 0 atom stereocenters. The summed E-state index contributed by atoms with van der Waals surface area (Å²) in [4.78, 5) is 18.8. The monoisotopic (exact) mass is 598 g/mol. The molecule has 0 fully saturated rings. The lowest BCUT2D eigenvalue weighted by molar-refractivity contribution is 0.605. The molecular formula is C40H34N6. The Kier molecular flexibility index (Phi) is 5.49. The Hall–Kier alpha value is -5.62. The van der Waals surface area contributed by atoms with Gasteiger partial charge in [-0.15, -0.1) is 0 Å². The van der Waals surface area contributed by atoms with Crippen LogP contribution in [0, 0.1) is 0 Å². The first kappa shape index (κ1) is 26.8. The highest BCUT2D eigenvalue weighted by Crippen LogP contribution is 2.45. The molecule has 6 heteroatoms. The van der Waals surface area contributed by atoms with Crippen LogP contribution in [0.2, 0.25) is 0 Å². The summed E-state index contributed by atoms with van der Waals surface area (Å²) < 4.78 is 4.39. The molecule has 1 aliphatic rings. The van der Waals surface area contributed by atoms with Gasteiger partial charge in [-0.05, 0) is 52.0 Å². The van der Waals surface area contributed by atoms with Gasteiger partial charge in [0.1, 0.15) is 0 Å². The number of para-hydroxylation sites is 2. The summed E-state index contributed by atoms with van der Waals surface area (Å²) in [7, 11) is 0. The van der Waals surface area contributed by atoms with Gasteiger partial charge in [-0.1, -0.05) is 84.9 Å². The highest BCUT2D eigenvalue weighted by Gasteiger charge is 2.37. The molecule has 0 amide bonds. The Bertz CT molecular complexity index is 2240. The standard InChI is InChI=1S/C40H34N6/c1-39(2)31-23-45(25-15-7-5-8-16-25)37(41-31)38-42-32(24-46(38)26-17-9-6-10-18-26)40(3,4)36-30-22-14-12-20-28(30)34(44-36)33-27-19-11-13-21-29(27)35(39)43-33/h5-24,43-44H,1-4H3. The number of aromatic nitrogens is 6. The summed E-state index contributed by atoms with van der Waals surface area (Å²) in [6.07, 6.45) is 4.38. The van der Waals surface area contributed by atoms with Crippen LogP contribution in [0.1, 0.15) is 50.5 Å². The summed E-state index contributed by atoms with van der Waals surface area (Å²) in [6, 6.07) is 38.3. The van der Waals surface area contributed by atoms with Crippen LogP contribution in [-0.4, -0.2) is 29.1 Å². The SMILES string of the molecule is CC1(C)c2cn(-c3ccccc3)c(n2)-c2nc(cn2-c2ccccc2)C(C)(C)c2[nH]c(c3ccccc23)-c2[nH]c1c1ccccc21. The second-order valence-electron chi connectivity index (χ2n) is 13.4. The predicted molar refractivity (Wildman–Crippen MR) is 186 cm³/mol. The third kappa shape index (κ3) is 3.70. The Morgan fingerprint density at radius 2 is 0.804 bits per heavy atom. The fourth-order valence-electron chi connectivity index (χ4n) is 7.24. The van der Waals surface area contributed by atoms with Gasteiger partial charge in [0.05, 0.1) is 22.8 Å². The molecule has 8 aromatic rings. The van der Waals surface area contributed by atoms with Crippen molar-refractivity contribution in [3.05, 3.63) is 144 Å². The number of nitrogens with one attached hydrogen (secondary N) is 2. The highest BCUT2D eigenvalue weighted by molar-refractivity contribution is 6.06. The van der Waals surface area contributed by atoms with Gasteiger partial charge in [0.25, 0.3) is 0 Å². The maximum atomic E-state index is 5.47. The molecule has 4 aromatic carbocycles. The van der Waals surface area contributed by atoms with E-state index >= 15 is 0 Å². The van der Waals surface area contributed by atoms with Crippen molar-refractivity contribution in [1.82, 2.24) is 29.1 Å². The van der Waals surface area contributed by atoms with Gasteiger partial charge < -0.3 is 9.97 Å². The first-order chi connectivity index (χ1) is 22.3. The van der Waals surface area contributed by atoms with Crippen LogP contribution < -0.4 is 0 Å². The minimum atomic E-state index is -0.464. The first-order valence-corrected chi connectivity index (χ1v) is 15.9. The smallest absolute Gasteiger partial charge is 0.181 e. The van der Waals surface area contributed by atoms with Crippen molar-refractivity contribution in [2.24, 2.45) is 0 Å². The Morgan fingerprint density at radius 1 is 0.457 bits per heavy atom. The quantitative estimate of drug-likeness (QED) is 0.208. The van der Waals surface area contributed by atoms with Gasteiger partial charge in [-0.25, -0.2) is 9.97 Å². The number of nitrogens with zero attached hydrogens (tertiary/aromatic N) is 4. The topological polar surface area (TPSA) is 67.2 Å². The van der Waals surface area contributed by atoms with Crippen LogP contribution in [0.25, 0.3) is 56.0 Å². The van der Waals surface area contributed by atoms with E-state index < -0.39 is 10.8 Å². The zero-order chi connectivity index (χ0) is 31.2. The molecule has 0 aliphatic carbocycles. The van der Waals surface area contributed by atoms with E-state index in [1.54, 1.807) is 0 Å². The number of imidazole rings is 2. The molecule has 4 aromatic heterocycles. The van der Waals surface area contributed by atoms with Crippen LogP contribution in [-0.2, 0) is 10.8 Å². The second-order valence-corrected chi connectivity index (χ2v) is 13.4. The zero-order valence-corrected chi connectivity index (χ0v) is 26.3. The second kappa shape index (κ2) is 9.44. The largest absolute Gasteiger partial charge is 0.355 e. The Morgan fingerprint density at radius 3 is 1.20 bits per heavy atom. The lowest BCUT2D eigenvalue weighted by Gasteiger charge is -2.22. The fraction of sp³-hybridized carbons (Fsp3) is 0.150. The molecule has 8 bridgehead atoms. The molecule has 0 saturated carbocycles. The lowest BCUT2D eigenvalue weighted by atomic mass is 9.84. The molecule has 0 spiro atoms. The minimum Gasteiger partial charge on any atom is -0.355 e. The molecule has 46 heavy (non-hydrogen) atoms. The van der Waals surface area contributed by atoms with Crippen molar-refractivity contribution >= 4 is 21.5 Å². The van der Waals surface area contributed by atoms with E-state index in [2.05, 4.69) is 156 Å². The number of hydrogen-bond donors (Lipinski definition) is 2. The molecule has 0 saturated heterocycles. The lowest BCUT2D eigenvalue weighted by Crippen LogP contribution is -2.21. The Balaban J connectivity index is 1.45. The summed E-state index contributed by atoms with van der Waals surface area (Å²) in [5.74, 6) is 1.59. The summed E-state index contributed by atoms with van der Waals surface area (Å²) in [6.45, 7) is 9.05. The molecule has 0 unspecified atom stereocenters. The van der Waals surface area contributed by atoms with Crippen LogP contribution in [0.4, 0.5) is 0 Å². The van der Waals surface area contributed by atoms with E-state index in [0.29, 0.717) is 0 Å². The van der Waals surface area contributed by atoms with E-state index in [1.807, 2.05) is 12.1 Å². The third-order valence-corrected chi connectivity index (χ3v) is 9.89. The van der Waals surface area contributed by atoms with Crippen molar-refractivity contribution in [3.63, 3.8) is 0 Å². The van der Waals surface area contributed by atoms with E-state index in [0.717, 1.165) is 57.2 Å². The molecule has 1 aliphatic heterocycles. The molecular weight excluding hydrogens is 564 g/mol. The number of aromatic amines is 2. The summed E-state index contributed by atoms with van der Waals surface area (Å²) >= 11 is 0. The average Bonchev–Trinajstić information content (AvgIpc) is 3.87. The van der Waals surface area contributed by atoms with Gasteiger partial charge in [-0.2, -0.15) is 0 Å². The van der Waals surface area contributed by atoms with E-state index in [-0.39, 0.29) is 0 Å². The maximum absolute atomic E-state index is 5.47. The molecule has 6 nitrogen and oxygen atoms in total. The predicted octanol–water partition coefficient (Wildman–Crippen LogP) is 9.32. The normalized spacial score (nSPS) is 14.9. The minimum absolute atomic E-state index is 0.464. The van der Waals surface area contributed by atoms with Gasteiger partial charge in [0, 0.05) is 67.5 Å². The number of H-pyrrole nitrogens is 2. The van der Waals surface area contributed by atoms with Crippen LogP contribution >= 0.6 is 0 Å². The van der Waals surface area contributed by atoms with E-state index in [1.165, 1.54) is 21.5 Å². The van der Waals surface area contributed by atoms with Gasteiger partial charge in [-0.3, -0.25) is 9.13 Å². The van der Waals surface area contributed by atoms with E-state index in [9.17, 15) is 0 Å². The van der Waals surface area contributed by atoms with Crippen molar-refractivity contribution in [2.75, 3.05) is 0 Å². The zero-order valence-electron chi connectivity index (χ0n) is 26.3. The fourth-order valence-corrected chi connectivity index (χ4v) is 7.24. The molecule has 9 rings (SSSR count). The first-order valence-electron chi connectivity index (χ1n) is 15.9. The molecule has 224 valence electrons. The summed E-state index contributed by atoms with van der Waals surface area (Å²) in [5.41, 5.74) is 7.51. The number of rotatable bonds is 2. The van der Waals surface area contributed by atoms with Crippen molar-refractivity contribution < 1.29 is 0 Å². The molecule has 2 N–H and O–H groups in total. The van der Waals surface area contributed by atoms with Gasteiger partial charge in [0.15, 0.2) is 11.6 Å². The summed E-state index contributed by atoms with van der Waals surface area (Å²) in [5, 5.41) is 4.77. The number of benzene rings is 4. The van der Waals surface area contributed by atoms with Gasteiger partial charge >= 0.3 is 0 Å². The highest BCUT2D eigenvalue weighted by atomic mass is 15.2. The number of fused-ring (bicyclic) bond motifs is 16. The van der Waals surface area contributed by atoms with Crippen LogP contribution in [0.15, 0.2) is 122 Å². The van der Waals surface area contributed by atoms with Crippen molar-refractivity contribution in [2.45, 2.75) is 38.5 Å². The molecule has 5 heterocycles. The maximum Gasteiger partial charge on any atom is 0.181 e. The third-order valence-electron chi connectivity index (χ3n) is 9.89. The van der Waals surface area contributed by atoms with Crippen LogP contribution in [0.5, 0.6) is 0 Å². The van der Waals surface area contributed by atoms with Crippen molar-refractivity contribution in [3.8, 4) is 34.4 Å². The Labute approximate surface area is 267 Å². The average molecular weight is 599 g/mol. The molecule has 0 radical (unpaired) electrons. The van der Waals surface area contributed by atoms with Crippen molar-refractivity contribution in [1.29, 1.82) is 0 Å². The number of hydrogen-bond acceptors (Lipinski definition) is 2. The van der Waals surface area contributed by atoms with E-state index in [4.69, 9.17) is 9.97 Å². The van der Waals surface area contributed by atoms with Gasteiger partial charge in [0.2, 0.25) is 0 Å². The van der Waals surface area contributed by atoms with Crippen LogP contribution in [0.3, 0.4) is 0 Å².